The molecule has 1 unspecified atom stereocenters. The van der Waals surface area contributed by atoms with E-state index in [0.29, 0.717) is 18.8 Å². The van der Waals surface area contributed by atoms with Crippen molar-refractivity contribution in [3.8, 4) is 0 Å². The molecule has 0 aromatic carbocycles. The van der Waals surface area contributed by atoms with Crippen LogP contribution in [-0.4, -0.2) is 41.1 Å². The predicted molar refractivity (Wildman–Crippen MR) is 79.0 cm³/mol. The Morgan fingerprint density at radius 3 is 2.82 bits per heavy atom. The van der Waals surface area contributed by atoms with Gasteiger partial charge in [0.25, 0.3) is 5.91 Å². The second-order valence-electron chi connectivity index (χ2n) is 6.68. The van der Waals surface area contributed by atoms with E-state index in [9.17, 15) is 9.59 Å². The van der Waals surface area contributed by atoms with Crippen LogP contribution in [0.5, 0.6) is 0 Å². The van der Waals surface area contributed by atoms with Crippen molar-refractivity contribution in [1.29, 1.82) is 0 Å². The molecule has 1 atom stereocenters. The highest BCUT2D eigenvalue weighted by Crippen LogP contribution is 2.33. The minimum Gasteiger partial charge on any atom is -0.469 e. The number of likely N-dealkylation sites (tertiary alicyclic amines) is 1. The third-order valence-corrected chi connectivity index (χ3v) is 4.43. The lowest BCUT2D eigenvalue weighted by Gasteiger charge is -2.40. The molecule has 1 spiro atoms. The molecule has 2 amide bonds. The molecule has 0 radical (unpaired) electrons. The Labute approximate surface area is 129 Å². The van der Waals surface area contributed by atoms with Crippen molar-refractivity contribution in [2.75, 3.05) is 13.1 Å². The molecule has 0 saturated carbocycles. The number of amides is 2. The third-order valence-electron chi connectivity index (χ3n) is 4.43. The molecule has 3 heterocycles. The van der Waals surface area contributed by atoms with Gasteiger partial charge in [-0.1, -0.05) is 0 Å². The summed E-state index contributed by atoms with van der Waals surface area (Å²) < 4.78 is 11.3. The second-order valence-corrected chi connectivity index (χ2v) is 6.68. The first-order valence-electron chi connectivity index (χ1n) is 7.65. The maximum atomic E-state index is 12.5. The van der Waals surface area contributed by atoms with Gasteiger partial charge in [-0.05, 0) is 45.2 Å². The number of furan rings is 1. The quantitative estimate of drug-likeness (QED) is 0.896. The minimum atomic E-state index is -0.844. The summed E-state index contributed by atoms with van der Waals surface area (Å²) >= 11 is 0. The molecule has 2 saturated heterocycles. The molecular formula is C16H22N2O4. The topological polar surface area (TPSA) is 71.8 Å². The van der Waals surface area contributed by atoms with Crippen molar-refractivity contribution < 1.29 is 18.7 Å². The van der Waals surface area contributed by atoms with Crippen LogP contribution in [0.3, 0.4) is 0 Å². The number of hydrogen-bond donors (Lipinski definition) is 1. The number of piperidine rings is 1. The molecule has 1 aromatic rings. The molecule has 2 fully saturated rings. The lowest BCUT2D eigenvalue weighted by Crippen LogP contribution is -2.57. The standard InChI is InChI=1S/C16H22N2O4/c1-11-5-8-21-12(11)9-13(19)18-7-4-6-16(10-18)17-14(20)15(2,3)22-16/h5,8H,4,6-7,9-10H2,1-3H3,(H,17,20). The second kappa shape index (κ2) is 5.12. The van der Waals surface area contributed by atoms with Crippen LogP contribution in [0.25, 0.3) is 0 Å². The summed E-state index contributed by atoms with van der Waals surface area (Å²) in [6.45, 7) is 6.50. The van der Waals surface area contributed by atoms with Crippen LogP contribution in [0.2, 0.25) is 0 Å². The summed E-state index contributed by atoms with van der Waals surface area (Å²) in [6.07, 6.45) is 3.37. The average molecular weight is 306 g/mol. The van der Waals surface area contributed by atoms with E-state index in [1.165, 1.54) is 0 Å². The van der Waals surface area contributed by atoms with E-state index >= 15 is 0 Å². The van der Waals surface area contributed by atoms with Crippen LogP contribution in [-0.2, 0) is 20.7 Å². The first-order chi connectivity index (χ1) is 10.3. The molecule has 0 aliphatic carbocycles. The number of nitrogens with one attached hydrogen (secondary N) is 1. The number of ether oxygens (including phenoxy) is 1. The van der Waals surface area contributed by atoms with Gasteiger partial charge in [-0.3, -0.25) is 9.59 Å². The zero-order chi connectivity index (χ0) is 16.0. The van der Waals surface area contributed by atoms with Gasteiger partial charge in [0.15, 0.2) is 5.72 Å². The summed E-state index contributed by atoms with van der Waals surface area (Å²) in [5.74, 6) is 0.574. The van der Waals surface area contributed by atoms with Crippen molar-refractivity contribution in [1.82, 2.24) is 10.2 Å². The molecule has 2 aliphatic rings. The smallest absolute Gasteiger partial charge is 0.254 e. The van der Waals surface area contributed by atoms with Crippen LogP contribution >= 0.6 is 0 Å². The monoisotopic (exact) mass is 306 g/mol. The van der Waals surface area contributed by atoms with Crippen molar-refractivity contribution in [3.63, 3.8) is 0 Å². The molecule has 6 heteroatoms. The maximum absolute atomic E-state index is 12.5. The summed E-state index contributed by atoms with van der Waals surface area (Å²) in [6, 6.07) is 1.85. The Hall–Kier alpha value is -1.82. The number of nitrogens with zero attached hydrogens (tertiary/aromatic N) is 1. The maximum Gasteiger partial charge on any atom is 0.254 e. The molecule has 2 aliphatic heterocycles. The largest absolute Gasteiger partial charge is 0.469 e. The molecule has 0 bridgehead atoms. The highest BCUT2D eigenvalue weighted by atomic mass is 16.6. The van der Waals surface area contributed by atoms with Crippen LogP contribution in [0.1, 0.15) is 38.0 Å². The molecule has 1 aromatic heterocycles. The average Bonchev–Trinajstić information content (AvgIpc) is 2.92. The van der Waals surface area contributed by atoms with Gasteiger partial charge in [0, 0.05) is 6.54 Å². The first-order valence-corrected chi connectivity index (χ1v) is 7.65. The zero-order valence-corrected chi connectivity index (χ0v) is 13.3. The fourth-order valence-electron chi connectivity index (χ4n) is 3.17. The van der Waals surface area contributed by atoms with Gasteiger partial charge in [-0.2, -0.15) is 0 Å². The SMILES string of the molecule is Cc1ccoc1CC(=O)N1CCCC2(C1)NC(=O)C(C)(C)O2. The van der Waals surface area contributed by atoms with Gasteiger partial charge in [0.2, 0.25) is 5.91 Å². The van der Waals surface area contributed by atoms with E-state index in [0.717, 1.165) is 18.4 Å². The van der Waals surface area contributed by atoms with Crippen molar-refractivity contribution in [2.45, 2.75) is 51.4 Å². The Morgan fingerprint density at radius 2 is 2.23 bits per heavy atom. The van der Waals surface area contributed by atoms with Gasteiger partial charge >= 0.3 is 0 Å². The highest BCUT2D eigenvalue weighted by molar-refractivity contribution is 5.87. The zero-order valence-electron chi connectivity index (χ0n) is 13.3. The number of carbonyl (C=O) groups is 2. The fourth-order valence-corrected chi connectivity index (χ4v) is 3.17. The van der Waals surface area contributed by atoms with Gasteiger partial charge in [0.1, 0.15) is 11.4 Å². The number of rotatable bonds is 2. The molecule has 6 nitrogen and oxygen atoms in total. The van der Waals surface area contributed by atoms with Gasteiger partial charge in [0.05, 0.1) is 19.2 Å². The highest BCUT2D eigenvalue weighted by Gasteiger charge is 2.52. The van der Waals surface area contributed by atoms with E-state index in [4.69, 9.17) is 9.15 Å². The Kier molecular flexibility index (Phi) is 3.51. The van der Waals surface area contributed by atoms with E-state index in [1.54, 1.807) is 25.0 Å². The van der Waals surface area contributed by atoms with E-state index in [1.807, 2.05) is 13.0 Å². The summed E-state index contributed by atoms with van der Waals surface area (Å²) in [4.78, 5) is 26.2. The van der Waals surface area contributed by atoms with E-state index in [2.05, 4.69) is 5.32 Å². The summed E-state index contributed by atoms with van der Waals surface area (Å²) in [5, 5.41) is 2.94. The molecule has 120 valence electrons. The minimum absolute atomic E-state index is 0.000296. The van der Waals surface area contributed by atoms with Gasteiger partial charge < -0.3 is 19.4 Å². The molecular weight excluding hydrogens is 284 g/mol. The molecule has 22 heavy (non-hydrogen) atoms. The number of carbonyl (C=O) groups excluding carboxylic acids is 2. The lowest BCUT2D eigenvalue weighted by atomic mass is 10.0. The van der Waals surface area contributed by atoms with Crippen molar-refractivity contribution in [3.05, 3.63) is 23.7 Å². The predicted octanol–water partition coefficient (Wildman–Crippen LogP) is 1.37. The van der Waals surface area contributed by atoms with Crippen LogP contribution in [0.4, 0.5) is 0 Å². The van der Waals surface area contributed by atoms with Gasteiger partial charge in [-0.15, -0.1) is 0 Å². The normalized spacial score (nSPS) is 27.2. The first kappa shape index (κ1) is 15.1. The third kappa shape index (κ3) is 2.63. The molecule has 3 rings (SSSR count). The molecule has 1 N–H and O–H groups in total. The number of aryl methyl sites for hydroxylation is 1. The van der Waals surface area contributed by atoms with Crippen molar-refractivity contribution in [2.24, 2.45) is 0 Å². The van der Waals surface area contributed by atoms with Crippen LogP contribution in [0.15, 0.2) is 16.7 Å². The Bertz CT molecular complexity index is 607. The van der Waals surface area contributed by atoms with E-state index in [-0.39, 0.29) is 18.2 Å². The van der Waals surface area contributed by atoms with Gasteiger partial charge in [-0.25, -0.2) is 0 Å². The van der Waals surface area contributed by atoms with Crippen LogP contribution in [0, 0.1) is 6.92 Å². The summed E-state index contributed by atoms with van der Waals surface area (Å²) in [5.41, 5.74) is -0.609. The summed E-state index contributed by atoms with van der Waals surface area (Å²) in [7, 11) is 0. The van der Waals surface area contributed by atoms with Crippen molar-refractivity contribution >= 4 is 11.8 Å². The Balaban J connectivity index is 1.70. The fraction of sp³-hybridized carbons (Fsp3) is 0.625. The Morgan fingerprint density at radius 1 is 1.45 bits per heavy atom. The number of hydrogen-bond acceptors (Lipinski definition) is 4. The van der Waals surface area contributed by atoms with E-state index < -0.39 is 11.3 Å². The van der Waals surface area contributed by atoms with Crippen LogP contribution < -0.4 is 5.32 Å². The lowest BCUT2D eigenvalue weighted by molar-refractivity contribution is -0.152.